The van der Waals surface area contributed by atoms with Gasteiger partial charge in [-0.2, -0.15) is 13.2 Å². The van der Waals surface area contributed by atoms with Crippen molar-refractivity contribution in [1.82, 2.24) is 10.6 Å². The number of alkyl halides is 3. The second kappa shape index (κ2) is 8.10. The van der Waals surface area contributed by atoms with Crippen LogP contribution >= 0.6 is 0 Å². The first-order valence-corrected chi connectivity index (χ1v) is 12.8. The summed E-state index contributed by atoms with van der Waals surface area (Å²) in [5.41, 5.74) is -1.86. The van der Waals surface area contributed by atoms with Gasteiger partial charge < -0.3 is 10.6 Å². The number of nitrogens with one attached hydrogen (secondary N) is 2. The van der Waals surface area contributed by atoms with Crippen molar-refractivity contribution in [3.8, 4) is 0 Å². The maximum atomic E-state index is 14.2. The van der Waals surface area contributed by atoms with Gasteiger partial charge in [0.15, 0.2) is 5.54 Å². The highest BCUT2D eigenvalue weighted by molar-refractivity contribution is 6.02. The first-order valence-electron chi connectivity index (χ1n) is 12.8. The molecule has 1 aliphatic heterocycles. The molecule has 0 spiro atoms. The number of fused-ring (bicyclic) bond motifs is 5. The van der Waals surface area contributed by atoms with Gasteiger partial charge in [0.25, 0.3) is 0 Å². The smallest absolute Gasteiger partial charge is 0.338 e. The van der Waals surface area contributed by atoms with Crippen molar-refractivity contribution in [3.63, 3.8) is 0 Å². The SMILES string of the molecule is CC(NC(=O)C1C[C@@]2(C)C(=CC[C@@H]3[C@H]2CC[C@]2(C)CCC[C@@H]32)NC1=O)(c1ccccc1)C(F)(F)F. The van der Waals surface area contributed by atoms with Crippen LogP contribution in [0.15, 0.2) is 42.1 Å². The molecular formula is C28H35F3N2O2. The predicted octanol–water partition coefficient (Wildman–Crippen LogP) is 5.84. The second-order valence-corrected chi connectivity index (χ2v) is 12.0. The molecule has 35 heavy (non-hydrogen) atoms. The van der Waals surface area contributed by atoms with E-state index >= 15 is 0 Å². The Labute approximate surface area is 205 Å². The minimum Gasteiger partial charge on any atom is -0.338 e. The Bertz CT molecular complexity index is 1050. The topological polar surface area (TPSA) is 58.2 Å². The number of halogens is 3. The molecule has 7 heteroatoms. The van der Waals surface area contributed by atoms with E-state index in [2.05, 4.69) is 30.6 Å². The zero-order valence-corrected chi connectivity index (χ0v) is 20.7. The first kappa shape index (κ1) is 24.4. The zero-order valence-electron chi connectivity index (χ0n) is 20.7. The van der Waals surface area contributed by atoms with E-state index in [4.69, 9.17) is 0 Å². The summed E-state index contributed by atoms with van der Waals surface area (Å²) in [6.45, 7) is 5.47. The Hall–Kier alpha value is -2.31. The third-order valence-corrected chi connectivity index (χ3v) is 10.1. The second-order valence-electron chi connectivity index (χ2n) is 12.0. The first-order chi connectivity index (χ1) is 16.4. The summed E-state index contributed by atoms with van der Waals surface area (Å²) in [5, 5.41) is 5.17. The van der Waals surface area contributed by atoms with E-state index < -0.39 is 34.9 Å². The minimum absolute atomic E-state index is 0.0607. The number of amides is 2. The standard InChI is InChI=1S/C28H35F3N2O2/c1-25-14-7-10-20(25)18-11-12-22-26(2,21(18)13-15-25)16-19(23(34)32-22)24(35)33-27(3,28(29,30)31)17-8-5-4-6-9-17/h4-6,8-9,12,18-21H,7,10-11,13-16H2,1-3H3,(H,32,34)(H,33,35)/t18-,19?,20-,21+,25-,26+,27?/m0/s1. The number of hydrogen-bond acceptors (Lipinski definition) is 2. The van der Waals surface area contributed by atoms with Crippen LogP contribution in [0.5, 0.6) is 0 Å². The van der Waals surface area contributed by atoms with E-state index in [0.717, 1.165) is 31.9 Å². The maximum Gasteiger partial charge on any atom is 0.415 e. The van der Waals surface area contributed by atoms with Crippen molar-refractivity contribution in [3.05, 3.63) is 47.7 Å². The summed E-state index contributed by atoms with van der Waals surface area (Å²) in [5.74, 6) is -1.10. The van der Waals surface area contributed by atoms with Crippen LogP contribution in [0.4, 0.5) is 13.2 Å². The van der Waals surface area contributed by atoms with Crippen LogP contribution in [-0.2, 0) is 15.1 Å². The molecule has 2 amide bonds. The van der Waals surface area contributed by atoms with Crippen molar-refractivity contribution in [2.75, 3.05) is 0 Å². The van der Waals surface area contributed by atoms with Gasteiger partial charge in [0.05, 0.1) is 0 Å². The van der Waals surface area contributed by atoms with E-state index in [0.29, 0.717) is 23.2 Å². The molecule has 4 aliphatic rings. The molecule has 0 aromatic heterocycles. The minimum atomic E-state index is -4.73. The molecule has 5 rings (SSSR count). The highest BCUT2D eigenvalue weighted by Crippen LogP contribution is 2.64. The Kier molecular flexibility index (Phi) is 5.65. The summed E-state index contributed by atoms with van der Waals surface area (Å²) in [4.78, 5) is 26.4. The van der Waals surface area contributed by atoms with Gasteiger partial charge in [-0.3, -0.25) is 9.59 Å². The van der Waals surface area contributed by atoms with Gasteiger partial charge in [-0.25, -0.2) is 0 Å². The molecule has 1 saturated heterocycles. The predicted molar refractivity (Wildman–Crippen MR) is 127 cm³/mol. The molecule has 2 saturated carbocycles. The van der Waals surface area contributed by atoms with Crippen molar-refractivity contribution in [2.45, 2.75) is 77.4 Å². The summed E-state index contributed by atoms with van der Waals surface area (Å²) >= 11 is 0. The van der Waals surface area contributed by atoms with Crippen LogP contribution in [0.2, 0.25) is 0 Å². The lowest BCUT2D eigenvalue weighted by Gasteiger charge is -2.57. The van der Waals surface area contributed by atoms with E-state index in [1.54, 1.807) is 6.07 Å². The summed E-state index contributed by atoms with van der Waals surface area (Å²) in [7, 11) is 0. The van der Waals surface area contributed by atoms with Crippen LogP contribution < -0.4 is 10.6 Å². The number of carbonyl (C=O) groups is 2. The Balaban J connectivity index is 1.42. The molecule has 1 aromatic carbocycles. The third kappa shape index (κ3) is 3.72. The molecule has 1 heterocycles. The van der Waals surface area contributed by atoms with Gasteiger partial charge in [-0.05, 0) is 74.2 Å². The fourth-order valence-corrected chi connectivity index (χ4v) is 7.90. The van der Waals surface area contributed by atoms with Crippen LogP contribution in [0, 0.1) is 34.5 Å². The number of allylic oxidation sites excluding steroid dienone is 2. The number of rotatable bonds is 3. The van der Waals surface area contributed by atoms with E-state index in [1.165, 1.54) is 43.5 Å². The third-order valence-electron chi connectivity index (χ3n) is 10.1. The molecule has 0 bridgehead atoms. The number of benzene rings is 1. The normalized spacial score (nSPS) is 38.2. The fraction of sp³-hybridized carbons (Fsp3) is 0.643. The van der Waals surface area contributed by atoms with Gasteiger partial charge in [0, 0.05) is 11.1 Å². The molecule has 3 fully saturated rings. The molecule has 7 atom stereocenters. The fourth-order valence-electron chi connectivity index (χ4n) is 7.90. The van der Waals surface area contributed by atoms with Crippen LogP contribution in [0.3, 0.4) is 0 Å². The largest absolute Gasteiger partial charge is 0.415 e. The van der Waals surface area contributed by atoms with E-state index in [1.807, 2.05) is 0 Å². The van der Waals surface area contributed by atoms with Gasteiger partial charge in [0.2, 0.25) is 11.8 Å². The van der Waals surface area contributed by atoms with Gasteiger partial charge in [-0.15, -0.1) is 0 Å². The molecule has 190 valence electrons. The zero-order chi connectivity index (χ0) is 25.2. The summed E-state index contributed by atoms with van der Waals surface area (Å²) in [6.07, 6.45) is 4.44. The van der Waals surface area contributed by atoms with E-state index in [9.17, 15) is 22.8 Å². The Morgan fingerprint density at radius 3 is 2.49 bits per heavy atom. The number of carbonyl (C=O) groups excluding carboxylic acids is 2. The van der Waals surface area contributed by atoms with Crippen LogP contribution in [0.25, 0.3) is 0 Å². The van der Waals surface area contributed by atoms with Gasteiger partial charge >= 0.3 is 6.18 Å². The Morgan fingerprint density at radius 1 is 1.09 bits per heavy atom. The lowest BCUT2D eigenvalue weighted by atomic mass is 9.49. The lowest BCUT2D eigenvalue weighted by Crippen LogP contribution is -2.60. The summed E-state index contributed by atoms with van der Waals surface area (Å²) in [6, 6.07) is 7.36. The number of piperidine rings is 1. The molecule has 3 aliphatic carbocycles. The quantitative estimate of drug-likeness (QED) is 0.525. The van der Waals surface area contributed by atoms with Crippen LogP contribution in [0.1, 0.15) is 71.3 Å². The highest BCUT2D eigenvalue weighted by atomic mass is 19.4. The maximum absolute atomic E-state index is 14.2. The molecule has 2 N–H and O–H groups in total. The highest BCUT2D eigenvalue weighted by Gasteiger charge is 2.59. The Morgan fingerprint density at radius 2 is 1.80 bits per heavy atom. The van der Waals surface area contributed by atoms with E-state index in [-0.39, 0.29) is 12.0 Å². The van der Waals surface area contributed by atoms with Crippen molar-refractivity contribution in [1.29, 1.82) is 0 Å². The van der Waals surface area contributed by atoms with Gasteiger partial charge in [0.1, 0.15) is 5.92 Å². The average molecular weight is 489 g/mol. The van der Waals surface area contributed by atoms with Gasteiger partial charge in [-0.1, -0.05) is 56.7 Å². The monoisotopic (exact) mass is 488 g/mol. The number of hydrogen-bond donors (Lipinski definition) is 2. The average Bonchev–Trinajstić information content (AvgIpc) is 3.20. The molecule has 2 unspecified atom stereocenters. The van der Waals surface area contributed by atoms with Crippen LogP contribution in [-0.4, -0.2) is 18.0 Å². The molecule has 0 radical (unpaired) electrons. The van der Waals surface area contributed by atoms with Crippen molar-refractivity contribution in [2.24, 2.45) is 34.5 Å². The molecule has 4 nitrogen and oxygen atoms in total. The molecule has 1 aromatic rings. The van der Waals surface area contributed by atoms with Crippen molar-refractivity contribution < 1.29 is 22.8 Å². The lowest BCUT2D eigenvalue weighted by molar-refractivity contribution is -0.198. The summed E-state index contributed by atoms with van der Waals surface area (Å²) < 4.78 is 42.6. The van der Waals surface area contributed by atoms with Crippen molar-refractivity contribution >= 4 is 11.8 Å². The molecular weight excluding hydrogens is 453 g/mol.